The van der Waals surface area contributed by atoms with E-state index in [9.17, 15) is 4.79 Å². The Morgan fingerprint density at radius 2 is 2.07 bits per heavy atom. The number of benzene rings is 1. The third-order valence-electron chi connectivity index (χ3n) is 1.95. The minimum absolute atomic E-state index is 0.271. The van der Waals surface area contributed by atoms with E-state index < -0.39 is 6.29 Å². The monoisotopic (exact) mass is 210 g/mol. The van der Waals surface area contributed by atoms with E-state index >= 15 is 0 Å². The molecule has 3 nitrogen and oxygen atoms in total. The highest BCUT2D eigenvalue weighted by molar-refractivity contribution is 8.00. The summed E-state index contributed by atoms with van der Waals surface area (Å²) in [6, 6.07) is 9.62. The van der Waals surface area contributed by atoms with Crippen LogP contribution in [0.3, 0.4) is 0 Å². The first-order valence-electron chi connectivity index (χ1n) is 4.36. The van der Waals surface area contributed by atoms with Crippen LogP contribution in [0.25, 0.3) is 0 Å². The molecule has 0 aromatic heterocycles. The fourth-order valence-corrected chi connectivity index (χ4v) is 2.35. The maximum absolute atomic E-state index is 11.2. The molecule has 1 aromatic rings. The second-order valence-electron chi connectivity index (χ2n) is 3.05. The molecule has 74 valence electrons. The largest absolute Gasteiger partial charge is 0.435 e. The normalized spacial score (nSPS) is 26.2. The Kier molecular flexibility index (Phi) is 2.74. The molecule has 1 N–H and O–H groups in total. The van der Waals surface area contributed by atoms with Crippen LogP contribution in [-0.2, 0) is 9.53 Å². The van der Waals surface area contributed by atoms with Gasteiger partial charge in [-0.25, -0.2) is 0 Å². The quantitative estimate of drug-likeness (QED) is 0.750. The molecule has 4 heteroatoms. The van der Waals surface area contributed by atoms with E-state index in [-0.39, 0.29) is 11.2 Å². The number of thioether (sulfide) groups is 1. The van der Waals surface area contributed by atoms with Gasteiger partial charge < -0.3 is 9.84 Å². The molecule has 1 fully saturated rings. The predicted molar refractivity (Wildman–Crippen MR) is 52.8 cm³/mol. The van der Waals surface area contributed by atoms with E-state index in [1.54, 1.807) is 0 Å². The van der Waals surface area contributed by atoms with Crippen molar-refractivity contribution in [2.24, 2.45) is 0 Å². The summed E-state index contributed by atoms with van der Waals surface area (Å²) in [5.74, 6) is -0.327. The van der Waals surface area contributed by atoms with Gasteiger partial charge in [-0.2, -0.15) is 0 Å². The number of rotatable bonds is 2. The molecule has 0 amide bonds. The molecule has 0 bridgehead atoms. The fraction of sp³-hybridized carbons (Fsp3) is 0.300. The summed E-state index contributed by atoms with van der Waals surface area (Å²) in [5.41, 5.74) is 0. The average Bonchev–Trinajstić information content (AvgIpc) is 2.47. The van der Waals surface area contributed by atoms with Crippen molar-refractivity contribution in [2.45, 2.75) is 22.9 Å². The predicted octanol–water partition coefficient (Wildman–Crippen LogP) is 1.41. The number of cyclic esters (lactones) is 1. The van der Waals surface area contributed by atoms with Crippen LogP contribution in [-0.4, -0.2) is 22.6 Å². The van der Waals surface area contributed by atoms with Gasteiger partial charge in [0.2, 0.25) is 6.29 Å². The molecule has 1 aliphatic heterocycles. The zero-order chi connectivity index (χ0) is 9.97. The van der Waals surface area contributed by atoms with E-state index in [1.807, 2.05) is 30.3 Å². The molecule has 2 atom stereocenters. The van der Waals surface area contributed by atoms with Gasteiger partial charge in [-0.05, 0) is 12.1 Å². The van der Waals surface area contributed by atoms with Gasteiger partial charge in [-0.15, -0.1) is 11.8 Å². The standard InChI is InChI=1S/C10H10O3S/c11-9-6-8(10(12)13-9)14-7-4-2-1-3-5-7/h1-5,8-9,11H,6H2/t8-,9?/m0/s1. The number of hydrogen-bond acceptors (Lipinski definition) is 4. The Bertz CT molecular complexity index is 325. The third-order valence-corrected chi connectivity index (χ3v) is 3.17. The van der Waals surface area contributed by atoms with Crippen molar-refractivity contribution in [3.63, 3.8) is 0 Å². The summed E-state index contributed by atoms with van der Waals surface area (Å²) in [7, 11) is 0. The third kappa shape index (κ3) is 2.08. The number of esters is 1. The Balaban J connectivity index is 2.02. The lowest BCUT2D eigenvalue weighted by atomic mass is 10.3. The van der Waals surface area contributed by atoms with Gasteiger partial charge in [-0.3, -0.25) is 4.79 Å². The summed E-state index contributed by atoms with van der Waals surface area (Å²) < 4.78 is 4.64. The molecule has 1 saturated heterocycles. The molecule has 0 spiro atoms. The first kappa shape index (κ1) is 9.55. The van der Waals surface area contributed by atoms with Gasteiger partial charge in [-0.1, -0.05) is 18.2 Å². The minimum Gasteiger partial charge on any atom is -0.435 e. The van der Waals surface area contributed by atoms with Crippen LogP contribution in [0.5, 0.6) is 0 Å². The summed E-state index contributed by atoms with van der Waals surface area (Å²) in [6.45, 7) is 0. The molecule has 1 unspecified atom stereocenters. The maximum Gasteiger partial charge on any atom is 0.321 e. The summed E-state index contributed by atoms with van der Waals surface area (Å²) in [5, 5.41) is 8.82. The molecule has 0 aliphatic carbocycles. The molecule has 0 radical (unpaired) electrons. The van der Waals surface area contributed by atoms with Gasteiger partial charge in [0.05, 0.1) is 0 Å². The van der Waals surface area contributed by atoms with E-state index in [0.29, 0.717) is 6.42 Å². The average molecular weight is 210 g/mol. The molecule has 1 aliphatic rings. The number of carbonyl (C=O) groups excluding carboxylic acids is 1. The molecule has 0 saturated carbocycles. The Labute approximate surface area is 86.1 Å². The highest BCUT2D eigenvalue weighted by Crippen LogP contribution is 2.31. The lowest BCUT2D eigenvalue weighted by Crippen LogP contribution is -2.08. The number of aliphatic hydroxyl groups excluding tert-OH is 1. The van der Waals surface area contributed by atoms with Crippen LogP contribution in [0.2, 0.25) is 0 Å². The number of aliphatic hydroxyl groups is 1. The molecule has 1 aromatic carbocycles. The summed E-state index contributed by atoms with van der Waals surface area (Å²) in [6.07, 6.45) is -0.554. The van der Waals surface area contributed by atoms with Crippen molar-refractivity contribution in [1.29, 1.82) is 0 Å². The molecular formula is C10H10O3S. The highest BCUT2D eigenvalue weighted by atomic mass is 32.2. The zero-order valence-corrected chi connectivity index (χ0v) is 8.24. The Hall–Kier alpha value is -1.00. The van der Waals surface area contributed by atoms with Crippen molar-refractivity contribution in [3.05, 3.63) is 30.3 Å². The van der Waals surface area contributed by atoms with Crippen LogP contribution in [0.15, 0.2) is 35.2 Å². The van der Waals surface area contributed by atoms with Gasteiger partial charge in [0.1, 0.15) is 5.25 Å². The van der Waals surface area contributed by atoms with Gasteiger partial charge in [0, 0.05) is 11.3 Å². The fourth-order valence-electron chi connectivity index (χ4n) is 1.30. The number of ether oxygens (including phenoxy) is 1. The van der Waals surface area contributed by atoms with Crippen LogP contribution in [0.4, 0.5) is 0 Å². The van der Waals surface area contributed by atoms with Crippen LogP contribution in [0, 0.1) is 0 Å². The zero-order valence-electron chi connectivity index (χ0n) is 7.42. The maximum atomic E-state index is 11.2. The SMILES string of the molecule is O=C1OC(O)C[C@@H]1Sc1ccccc1. The second kappa shape index (κ2) is 4.02. The van der Waals surface area contributed by atoms with E-state index in [0.717, 1.165) is 4.90 Å². The molecule has 1 heterocycles. The van der Waals surface area contributed by atoms with Gasteiger partial charge >= 0.3 is 5.97 Å². The first-order chi connectivity index (χ1) is 6.75. The molecule has 14 heavy (non-hydrogen) atoms. The summed E-state index contributed by atoms with van der Waals surface area (Å²) in [4.78, 5) is 12.2. The van der Waals surface area contributed by atoms with Gasteiger partial charge in [0.25, 0.3) is 0 Å². The van der Waals surface area contributed by atoms with Crippen molar-refractivity contribution in [1.82, 2.24) is 0 Å². The Morgan fingerprint density at radius 3 is 2.64 bits per heavy atom. The lowest BCUT2D eigenvalue weighted by molar-refractivity contribution is -0.153. The lowest BCUT2D eigenvalue weighted by Gasteiger charge is -2.03. The number of hydrogen-bond donors (Lipinski definition) is 1. The first-order valence-corrected chi connectivity index (χ1v) is 5.24. The summed E-state index contributed by atoms with van der Waals surface area (Å²) >= 11 is 1.43. The van der Waals surface area contributed by atoms with Crippen LogP contribution >= 0.6 is 11.8 Å². The Morgan fingerprint density at radius 1 is 1.36 bits per heavy atom. The van der Waals surface area contributed by atoms with Crippen LogP contribution < -0.4 is 0 Å². The van der Waals surface area contributed by atoms with Crippen LogP contribution in [0.1, 0.15) is 6.42 Å². The molecule has 2 rings (SSSR count). The van der Waals surface area contributed by atoms with E-state index in [2.05, 4.69) is 4.74 Å². The van der Waals surface area contributed by atoms with E-state index in [4.69, 9.17) is 5.11 Å². The van der Waals surface area contributed by atoms with Gasteiger partial charge in [0.15, 0.2) is 0 Å². The number of carbonyl (C=O) groups is 1. The topological polar surface area (TPSA) is 46.5 Å². The van der Waals surface area contributed by atoms with Crippen molar-refractivity contribution in [2.75, 3.05) is 0 Å². The minimum atomic E-state index is -0.927. The van der Waals surface area contributed by atoms with Crippen molar-refractivity contribution in [3.8, 4) is 0 Å². The highest BCUT2D eigenvalue weighted by Gasteiger charge is 2.33. The van der Waals surface area contributed by atoms with Crippen molar-refractivity contribution < 1.29 is 14.6 Å². The molecular weight excluding hydrogens is 200 g/mol. The van der Waals surface area contributed by atoms with Crippen molar-refractivity contribution >= 4 is 17.7 Å². The second-order valence-corrected chi connectivity index (χ2v) is 4.32. The smallest absolute Gasteiger partial charge is 0.321 e. The van der Waals surface area contributed by atoms with E-state index in [1.165, 1.54) is 11.8 Å².